The van der Waals surface area contributed by atoms with E-state index < -0.39 is 0 Å². The van der Waals surface area contributed by atoms with Gasteiger partial charge in [0.15, 0.2) is 11.4 Å². The van der Waals surface area contributed by atoms with E-state index in [4.69, 9.17) is 4.74 Å². The Labute approximate surface area is 154 Å². The number of imidazole rings is 1. The van der Waals surface area contributed by atoms with E-state index in [0.717, 1.165) is 16.9 Å². The third-order valence-electron chi connectivity index (χ3n) is 4.37. The normalized spacial score (nSPS) is 11.1. The molecule has 2 heterocycles. The van der Waals surface area contributed by atoms with Crippen LogP contribution in [-0.4, -0.2) is 21.9 Å². The summed E-state index contributed by atoms with van der Waals surface area (Å²) in [7, 11) is 0. The summed E-state index contributed by atoms with van der Waals surface area (Å²) in [5, 5.41) is 3.07. The van der Waals surface area contributed by atoms with Crippen molar-refractivity contribution in [3.63, 3.8) is 0 Å². The fourth-order valence-electron chi connectivity index (χ4n) is 3.14. The molecule has 1 N–H and O–H groups in total. The van der Waals surface area contributed by atoms with Crippen molar-refractivity contribution >= 4 is 17.2 Å². The Kier molecular flexibility index (Phi) is 5.26. The molecule has 0 saturated heterocycles. The van der Waals surface area contributed by atoms with E-state index in [1.54, 1.807) is 0 Å². The highest BCUT2D eigenvalue weighted by molar-refractivity contribution is 6.05. The van der Waals surface area contributed by atoms with Gasteiger partial charge in [-0.2, -0.15) is 0 Å². The quantitative estimate of drug-likeness (QED) is 0.702. The third kappa shape index (κ3) is 3.29. The number of carbonyl (C=O) groups excluding carboxylic acids is 1. The van der Waals surface area contributed by atoms with E-state index in [0.29, 0.717) is 36.0 Å². The number of ether oxygens (including phenoxy) is 1. The van der Waals surface area contributed by atoms with Crippen molar-refractivity contribution in [1.29, 1.82) is 0 Å². The molecule has 136 valence electrons. The SMILES string of the molecule is CCOc1cccn2c(C(=O)Nc3ccccc3C(C)C)c(CC)nc12. The number of carbonyl (C=O) groups is 1. The van der Waals surface area contributed by atoms with Crippen LogP contribution in [0.15, 0.2) is 42.6 Å². The number of pyridine rings is 1. The van der Waals surface area contributed by atoms with Gasteiger partial charge in [0.1, 0.15) is 5.69 Å². The first-order valence-electron chi connectivity index (χ1n) is 9.09. The number of para-hydroxylation sites is 1. The van der Waals surface area contributed by atoms with Gasteiger partial charge >= 0.3 is 0 Å². The second-order valence-electron chi connectivity index (χ2n) is 6.46. The lowest BCUT2D eigenvalue weighted by Crippen LogP contribution is -2.17. The molecule has 5 heteroatoms. The Morgan fingerprint density at radius 3 is 2.65 bits per heavy atom. The molecule has 0 aliphatic heterocycles. The van der Waals surface area contributed by atoms with Crippen LogP contribution in [0.4, 0.5) is 5.69 Å². The van der Waals surface area contributed by atoms with Crippen molar-refractivity contribution in [3.8, 4) is 5.75 Å². The van der Waals surface area contributed by atoms with Crippen LogP contribution in [-0.2, 0) is 6.42 Å². The molecule has 0 radical (unpaired) electrons. The maximum absolute atomic E-state index is 13.1. The van der Waals surface area contributed by atoms with Gasteiger partial charge in [0.25, 0.3) is 5.91 Å². The minimum Gasteiger partial charge on any atom is -0.490 e. The molecule has 3 rings (SSSR count). The highest BCUT2D eigenvalue weighted by atomic mass is 16.5. The standard InChI is InChI=1S/C21H25N3O2/c1-5-16-19(24-13-9-12-18(26-6-2)20(24)22-16)21(25)23-17-11-8-7-10-15(17)14(3)4/h7-14H,5-6H2,1-4H3,(H,23,25). The molecular formula is C21H25N3O2. The number of nitrogens with one attached hydrogen (secondary N) is 1. The number of benzene rings is 1. The van der Waals surface area contributed by atoms with E-state index >= 15 is 0 Å². The van der Waals surface area contributed by atoms with Gasteiger partial charge in [0.05, 0.1) is 12.3 Å². The van der Waals surface area contributed by atoms with E-state index in [1.807, 2.05) is 60.8 Å². The van der Waals surface area contributed by atoms with Crippen LogP contribution in [0.1, 0.15) is 55.4 Å². The van der Waals surface area contributed by atoms with Crippen LogP contribution in [0.3, 0.4) is 0 Å². The number of amides is 1. The first kappa shape index (κ1) is 18.0. The monoisotopic (exact) mass is 351 g/mol. The first-order valence-corrected chi connectivity index (χ1v) is 9.09. The number of nitrogens with zero attached hydrogens (tertiary/aromatic N) is 2. The number of aryl methyl sites for hydroxylation is 1. The fraction of sp³-hybridized carbons (Fsp3) is 0.333. The molecular weight excluding hydrogens is 326 g/mol. The molecule has 0 saturated carbocycles. The van der Waals surface area contributed by atoms with Crippen molar-refractivity contribution < 1.29 is 9.53 Å². The zero-order chi connectivity index (χ0) is 18.7. The van der Waals surface area contributed by atoms with Gasteiger partial charge in [0.2, 0.25) is 0 Å². The first-order chi connectivity index (χ1) is 12.6. The summed E-state index contributed by atoms with van der Waals surface area (Å²) in [6, 6.07) is 11.7. The molecule has 26 heavy (non-hydrogen) atoms. The van der Waals surface area contributed by atoms with Gasteiger partial charge in [-0.15, -0.1) is 0 Å². The van der Waals surface area contributed by atoms with Crippen LogP contribution in [0, 0.1) is 0 Å². The Morgan fingerprint density at radius 1 is 1.19 bits per heavy atom. The van der Waals surface area contributed by atoms with Crippen molar-refractivity contribution in [2.24, 2.45) is 0 Å². The van der Waals surface area contributed by atoms with Crippen LogP contribution in [0.25, 0.3) is 5.65 Å². The number of hydrogen-bond donors (Lipinski definition) is 1. The molecule has 0 aliphatic carbocycles. The average molecular weight is 351 g/mol. The number of anilines is 1. The lowest BCUT2D eigenvalue weighted by atomic mass is 10.0. The van der Waals surface area contributed by atoms with Gasteiger partial charge < -0.3 is 10.1 Å². The molecule has 3 aromatic rings. The molecule has 5 nitrogen and oxygen atoms in total. The summed E-state index contributed by atoms with van der Waals surface area (Å²) in [6.07, 6.45) is 2.52. The van der Waals surface area contributed by atoms with E-state index in [-0.39, 0.29) is 5.91 Å². The summed E-state index contributed by atoms with van der Waals surface area (Å²) < 4.78 is 7.48. The van der Waals surface area contributed by atoms with Gasteiger partial charge in [0, 0.05) is 11.9 Å². The lowest BCUT2D eigenvalue weighted by Gasteiger charge is -2.14. The number of rotatable bonds is 6. The number of fused-ring (bicyclic) bond motifs is 1. The third-order valence-corrected chi connectivity index (χ3v) is 4.37. The minimum absolute atomic E-state index is 0.156. The number of hydrogen-bond acceptors (Lipinski definition) is 3. The Morgan fingerprint density at radius 2 is 1.96 bits per heavy atom. The van der Waals surface area contributed by atoms with Gasteiger partial charge in [-0.05, 0) is 43.0 Å². The summed E-state index contributed by atoms with van der Waals surface area (Å²) in [5.74, 6) is 0.853. The summed E-state index contributed by atoms with van der Waals surface area (Å²) in [4.78, 5) is 17.7. The van der Waals surface area contributed by atoms with Gasteiger partial charge in [-0.3, -0.25) is 9.20 Å². The topological polar surface area (TPSA) is 55.6 Å². The molecule has 0 spiro atoms. The van der Waals surface area contributed by atoms with Crippen LogP contribution in [0.2, 0.25) is 0 Å². The van der Waals surface area contributed by atoms with Crippen molar-refractivity contribution in [2.45, 2.75) is 40.0 Å². The Bertz CT molecular complexity index is 928. The summed E-state index contributed by atoms with van der Waals surface area (Å²) in [6.45, 7) is 8.72. The molecule has 2 aromatic heterocycles. The summed E-state index contributed by atoms with van der Waals surface area (Å²) >= 11 is 0. The zero-order valence-electron chi connectivity index (χ0n) is 15.7. The molecule has 1 amide bonds. The van der Waals surface area contributed by atoms with Crippen molar-refractivity contribution in [3.05, 3.63) is 59.5 Å². The smallest absolute Gasteiger partial charge is 0.274 e. The average Bonchev–Trinajstić information content (AvgIpc) is 3.02. The highest BCUT2D eigenvalue weighted by Crippen LogP contribution is 2.26. The minimum atomic E-state index is -0.156. The predicted octanol–water partition coefficient (Wildman–Crippen LogP) is 4.67. The maximum Gasteiger partial charge on any atom is 0.274 e. The predicted molar refractivity (Wildman–Crippen MR) is 104 cm³/mol. The fourth-order valence-corrected chi connectivity index (χ4v) is 3.14. The van der Waals surface area contributed by atoms with Gasteiger partial charge in [-0.1, -0.05) is 39.0 Å². The molecule has 0 bridgehead atoms. The molecule has 0 fully saturated rings. The van der Waals surface area contributed by atoms with Crippen LogP contribution >= 0.6 is 0 Å². The largest absolute Gasteiger partial charge is 0.490 e. The number of aromatic nitrogens is 2. The molecule has 1 aromatic carbocycles. The molecule has 0 unspecified atom stereocenters. The Balaban J connectivity index is 2.05. The maximum atomic E-state index is 13.1. The highest BCUT2D eigenvalue weighted by Gasteiger charge is 2.21. The van der Waals surface area contributed by atoms with Crippen LogP contribution in [0.5, 0.6) is 5.75 Å². The molecule has 0 aliphatic rings. The van der Waals surface area contributed by atoms with E-state index in [2.05, 4.69) is 24.1 Å². The Hall–Kier alpha value is -2.82. The second-order valence-corrected chi connectivity index (χ2v) is 6.46. The van der Waals surface area contributed by atoms with Crippen molar-refractivity contribution in [2.75, 3.05) is 11.9 Å². The van der Waals surface area contributed by atoms with E-state index in [1.165, 1.54) is 0 Å². The van der Waals surface area contributed by atoms with Crippen molar-refractivity contribution in [1.82, 2.24) is 9.38 Å². The lowest BCUT2D eigenvalue weighted by molar-refractivity contribution is 0.102. The molecule has 0 atom stereocenters. The van der Waals surface area contributed by atoms with Crippen LogP contribution < -0.4 is 10.1 Å². The zero-order valence-corrected chi connectivity index (χ0v) is 15.7. The van der Waals surface area contributed by atoms with Gasteiger partial charge in [-0.25, -0.2) is 4.98 Å². The van der Waals surface area contributed by atoms with E-state index in [9.17, 15) is 4.79 Å². The summed E-state index contributed by atoms with van der Waals surface area (Å²) in [5.41, 5.74) is 3.95. The second kappa shape index (κ2) is 7.60.